The molecule has 0 atom stereocenters. The molecule has 15 heteroatoms. The zero-order chi connectivity index (χ0) is 81.2. The molecule has 116 heavy (non-hydrogen) atoms. The molecule has 0 amide bonds. The van der Waals surface area contributed by atoms with Crippen molar-refractivity contribution >= 4 is 50.3 Å². The minimum absolute atomic E-state index is 0. The summed E-state index contributed by atoms with van der Waals surface area (Å²) < 4.78 is 18.5. The summed E-state index contributed by atoms with van der Waals surface area (Å²) in [5, 5.41) is 28.2. The van der Waals surface area contributed by atoms with Gasteiger partial charge in [0.15, 0.2) is 34.1 Å². The van der Waals surface area contributed by atoms with Crippen LogP contribution in [0.25, 0.3) is 134 Å². The van der Waals surface area contributed by atoms with Crippen LogP contribution in [0.4, 0.5) is 0 Å². The molecular formula is C101H94Ir3N3O9-3. The molecule has 12 nitrogen and oxygen atoms in total. The molecule has 0 aliphatic heterocycles. The van der Waals surface area contributed by atoms with Crippen molar-refractivity contribution in [2.24, 2.45) is 0 Å². The van der Waals surface area contributed by atoms with Crippen LogP contribution >= 0.6 is 0 Å². The van der Waals surface area contributed by atoms with Crippen LogP contribution in [-0.4, -0.2) is 47.6 Å². The van der Waals surface area contributed by atoms with Gasteiger partial charge in [0.1, 0.15) is 17.3 Å². The van der Waals surface area contributed by atoms with Crippen molar-refractivity contribution in [2.75, 3.05) is 0 Å². The Kier molecular flexibility index (Phi) is 33.5. The SMILES string of the molecule is CC(=O)C=C(C)O.CC(=O)C=C(C)O.CC(=O)C=C(C)O.Cc1cc(C(C)(C)C)cc(C)c1-c1cc2cc(-c3[c-]ccc(-c4ccccc4)c3)ncc2o1.Cc1cc(C)c(-c2cc3cc(-c4[c-]ccc(-c5ccccc5)c4)ncc3o2)c(C)c1.Cc1cc(C)cc(-c2cc3cc(-c4[c-]ccc(-c5ccccc5)c4)ncc3o2)c1.[Ir].[Ir].[Ir]. The zero-order valence-corrected chi connectivity index (χ0v) is 75.1. The van der Waals surface area contributed by atoms with E-state index in [1.165, 1.54) is 127 Å². The number of fused-ring (bicyclic) bond motifs is 3. The van der Waals surface area contributed by atoms with Crippen LogP contribution < -0.4 is 0 Å². The van der Waals surface area contributed by atoms with Gasteiger partial charge in [-0.1, -0.05) is 177 Å². The van der Waals surface area contributed by atoms with Crippen LogP contribution in [0, 0.1) is 66.7 Å². The van der Waals surface area contributed by atoms with Gasteiger partial charge in [-0.3, -0.25) is 14.4 Å². The smallest absolute Gasteiger partial charge is 0.155 e. The van der Waals surface area contributed by atoms with Gasteiger partial charge < -0.3 is 43.5 Å². The molecule has 3 radical (unpaired) electrons. The average molecular weight is 2070 g/mol. The molecule has 0 spiro atoms. The number of allylic oxidation sites excluding steroid dienone is 6. The molecule has 0 unspecified atom stereocenters. The van der Waals surface area contributed by atoms with E-state index in [2.05, 4.69) is 290 Å². The number of aromatic nitrogens is 3. The van der Waals surface area contributed by atoms with E-state index >= 15 is 0 Å². The topological polar surface area (TPSA) is 190 Å². The van der Waals surface area contributed by atoms with Gasteiger partial charge in [0.25, 0.3) is 0 Å². The molecule has 0 bridgehead atoms. The molecule has 0 aliphatic rings. The third-order valence-electron chi connectivity index (χ3n) is 18.1. The van der Waals surface area contributed by atoms with Crippen LogP contribution in [0.1, 0.15) is 107 Å². The molecule has 6 aromatic heterocycles. The minimum Gasteiger partial charge on any atom is -0.512 e. The number of aliphatic hydroxyl groups excluding tert-OH is 3. The minimum atomic E-state index is -0.125. The summed E-state index contributed by atoms with van der Waals surface area (Å²) in [6.07, 6.45) is 8.95. The molecule has 9 aromatic carbocycles. The van der Waals surface area contributed by atoms with Gasteiger partial charge in [-0.25, -0.2) is 0 Å². The molecule has 0 saturated carbocycles. The number of aliphatic hydroxyl groups is 3. The van der Waals surface area contributed by atoms with E-state index in [9.17, 15) is 14.4 Å². The van der Waals surface area contributed by atoms with Crippen LogP contribution in [0.3, 0.4) is 0 Å². The number of hydrogen-bond acceptors (Lipinski definition) is 12. The number of ketones is 3. The van der Waals surface area contributed by atoms with Gasteiger partial charge in [-0.2, -0.15) is 0 Å². The Hall–Kier alpha value is -11.4. The predicted octanol–water partition coefficient (Wildman–Crippen LogP) is 26.4. The van der Waals surface area contributed by atoms with E-state index < -0.39 is 0 Å². The summed E-state index contributed by atoms with van der Waals surface area (Å²) in [6.45, 7) is 30.2. The van der Waals surface area contributed by atoms with E-state index in [4.69, 9.17) is 28.6 Å². The predicted molar refractivity (Wildman–Crippen MR) is 461 cm³/mol. The van der Waals surface area contributed by atoms with E-state index in [1.807, 2.05) is 48.8 Å². The molecule has 3 N–H and O–H groups in total. The van der Waals surface area contributed by atoms with Gasteiger partial charge >= 0.3 is 0 Å². The summed E-state index contributed by atoms with van der Waals surface area (Å²) in [6, 6.07) is 87.7. The fourth-order valence-corrected chi connectivity index (χ4v) is 13.3. The van der Waals surface area contributed by atoms with Crippen molar-refractivity contribution in [3.05, 3.63) is 341 Å². The van der Waals surface area contributed by atoms with E-state index in [0.29, 0.717) is 0 Å². The van der Waals surface area contributed by atoms with Gasteiger partial charge in [-0.05, 0) is 187 Å². The van der Waals surface area contributed by atoms with Crippen LogP contribution in [0.5, 0.6) is 0 Å². The summed E-state index contributed by atoms with van der Waals surface area (Å²) in [7, 11) is 0. The zero-order valence-electron chi connectivity index (χ0n) is 68.0. The van der Waals surface area contributed by atoms with Gasteiger partial charge in [0.2, 0.25) is 0 Å². The molecule has 15 rings (SSSR count). The summed E-state index contributed by atoms with van der Waals surface area (Å²) in [4.78, 5) is 44.0. The molecule has 6 heterocycles. The Balaban J connectivity index is 0.000000211. The molecular weight excluding hydrogens is 1980 g/mol. The van der Waals surface area contributed by atoms with Crippen molar-refractivity contribution in [2.45, 2.75) is 116 Å². The third kappa shape index (κ3) is 25.6. The third-order valence-corrected chi connectivity index (χ3v) is 18.1. The number of aryl methyl sites for hydroxylation is 7. The first-order chi connectivity index (χ1) is 53.9. The van der Waals surface area contributed by atoms with Gasteiger partial charge in [-0.15, -0.1) is 106 Å². The normalized spacial score (nSPS) is 11.1. The second kappa shape index (κ2) is 42.3. The Morgan fingerprint density at radius 1 is 0.336 bits per heavy atom. The van der Waals surface area contributed by atoms with Crippen LogP contribution in [0.15, 0.2) is 292 Å². The number of carbonyl (C=O) groups is 3. The number of pyridine rings is 3. The van der Waals surface area contributed by atoms with Crippen molar-refractivity contribution in [1.29, 1.82) is 0 Å². The number of nitrogens with zero attached hydrogens (tertiary/aromatic N) is 3. The van der Waals surface area contributed by atoms with E-state index in [-0.39, 0.29) is 100 Å². The van der Waals surface area contributed by atoms with Gasteiger partial charge in [0.05, 0.1) is 35.9 Å². The van der Waals surface area contributed by atoms with Crippen molar-refractivity contribution in [1.82, 2.24) is 15.0 Å². The van der Waals surface area contributed by atoms with Crippen molar-refractivity contribution in [3.8, 4) is 101 Å². The van der Waals surface area contributed by atoms with E-state index in [0.717, 1.165) is 112 Å². The Bertz CT molecular complexity index is 5860. The van der Waals surface area contributed by atoms with Crippen molar-refractivity contribution < 1.29 is 103 Å². The standard InChI is InChI=1S/C31H28NO.C28H22NO.C27H20NO.3C5H8O2.3Ir/c1-20-14-26(31(3,4)5)15-21(2)30(20)28-18-25-17-27(32-19-29(25)33-28)24-13-9-12-23(16-24)22-10-7-6-8-11-22;1-18-12-19(2)28(20(3)13-18)26-16-24-15-25(29-17-27(24)30-26)23-11-7-10-22(14-23)21-8-5-4-6-9-21;1-18-11-19(2)13-23(12-18)26-16-24-15-25(28-17-27(24)29-26)22-10-6-9-21(14-22)20-7-4-3-5-8-20;3*1-4(6)3-5(2)7;;;/h6-12,14-19H,1-5H3;4-10,12-17H,1-3H3;3-9,11-17H,1-2H3;3*3,6H,1-2H3;;;/q3*-1;;;;;;. The number of carbonyl (C=O) groups excluding carboxylic acids is 3. The maximum Gasteiger partial charge on any atom is 0.155 e. The largest absolute Gasteiger partial charge is 0.512 e. The van der Waals surface area contributed by atoms with Crippen LogP contribution in [0.2, 0.25) is 0 Å². The van der Waals surface area contributed by atoms with Crippen LogP contribution in [-0.2, 0) is 80.1 Å². The first kappa shape index (κ1) is 91.8. The molecule has 0 fully saturated rings. The maximum atomic E-state index is 10.0. The molecule has 0 saturated heterocycles. The quantitative estimate of drug-likeness (QED) is 0.0597. The maximum absolute atomic E-state index is 10.0. The summed E-state index contributed by atoms with van der Waals surface area (Å²) in [5.41, 5.74) is 28.5. The second-order valence-electron chi connectivity index (χ2n) is 29.3. The van der Waals surface area contributed by atoms with E-state index in [1.54, 1.807) is 6.20 Å². The Morgan fingerprint density at radius 3 is 0.905 bits per heavy atom. The Morgan fingerprint density at radius 2 is 0.621 bits per heavy atom. The molecule has 15 aromatic rings. The summed E-state index contributed by atoms with van der Waals surface area (Å²) >= 11 is 0. The molecule has 0 aliphatic carbocycles. The number of benzene rings is 9. The Labute approximate surface area is 721 Å². The van der Waals surface area contributed by atoms with Crippen molar-refractivity contribution in [3.63, 3.8) is 0 Å². The number of rotatable bonds is 12. The average Bonchev–Trinajstić information content (AvgIpc) is 1.61. The van der Waals surface area contributed by atoms with Gasteiger partial charge in [0, 0.05) is 111 Å². The number of furan rings is 3. The first-order valence-corrected chi connectivity index (χ1v) is 37.3. The first-order valence-electron chi connectivity index (χ1n) is 37.3. The molecule has 597 valence electrons. The monoisotopic (exact) mass is 2070 g/mol. The summed E-state index contributed by atoms with van der Waals surface area (Å²) in [5.74, 6) is 2.46. The fourth-order valence-electron chi connectivity index (χ4n) is 13.3. The fraction of sp³-hybridized carbons (Fsp3) is 0.168. The second-order valence-corrected chi connectivity index (χ2v) is 29.3. The number of hydrogen-bond donors (Lipinski definition) is 3.